The van der Waals surface area contributed by atoms with Crippen molar-refractivity contribution < 1.29 is 5.11 Å². The van der Waals surface area contributed by atoms with Gasteiger partial charge in [-0.15, -0.1) is 0 Å². The van der Waals surface area contributed by atoms with Crippen molar-refractivity contribution in [2.75, 3.05) is 26.2 Å². The van der Waals surface area contributed by atoms with E-state index in [4.69, 9.17) is 0 Å². The van der Waals surface area contributed by atoms with Crippen LogP contribution in [0.1, 0.15) is 47.0 Å². The molecule has 0 aromatic rings. The summed E-state index contributed by atoms with van der Waals surface area (Å²) >= 11 is 0. The van der Waals surface area contributed by atoms with E-state index < -0.39 is 0 Å². The molecule has 1 aliphatic heterocycles. The third kappa shape index (κ3) is 5.68. The first-order valence-corrected chi connectivity index (χ1v) is 7.66. The van der Waals surface area contributed by atoms with Crippen LogP contribution in [0.25, 0.3) is 0 Å². The molecule has 0 spiro atoms. The first-order valence-electron chi connectivity index (χ1n) is 7.66. The molecule has 1 rings (SSSR count). The number of rotatable bonds is 7. The first-order chi connectivity index (χ1) is 8.52. The lowest BCUT2D eigenvalue weighted by Gasteiger charge is -2.34. The standard InChI is InChI=1S/C15H32N2O/c1-5-13(4)15(18)10-16-14-6-8-17(9-7-14)11-12(2)3/h12-16,18H,5-11H2,1-4H3. The van der Waals surface area contributed by atoms with Crippen LogP contribution in [-0.2, 0) is 0 Å². The number of nitrogens with one attached hydrogen (secondary N) is 1. The Morgan fingerprint density at radius 2 is 1.83 bits per heavy atom. The summed E-state index contributed by atoms with van der Waals surface area (Å²) in [5, 5.41) is 13.5. The molecule has 0 aromatic heterocycles. The Balaban J connectivity index is 2.15. The van der Waals surface area contributed by atoms with Crippen LogP contribution in [0.5, 0.6) is 0 Å². The summed E-state index contributed by atoms with van der Waals surface area (Å²) in [6.45, 7) is 13.2. The highest BCUT2D eigenvalue weighted by molar-refractivity contribution is 4.79. The molecule has 0 aromatic carbocycles. The van der Waals surface area contributed by atoms with Crippen molar-refractivity contribution in [2.45, 2.75) is 59.1 Å². The van der Waals surface area contributed by atoms with Crippen LogP contribution in [0, 0.1) is 11.8 Å². The van der Waals surface area contributed by atoms with E-state index in [0.717, 1.165) is 18.9 Å². The molecule has 1 aliphatic rings. The Kier molecular flexibility index (Phi) is 7.20. The van der Waals surface area contributed by atoms with Gasteiger partial charge in [0.05, 0.1) is 6.10 Å². The summed E-state index contributed by atoms with van der Waals surface area (Å²) in [7, 11) is 0. The fourth-order valence-electron chi connectivity index (χ4n) is 2.60. The summed E-state index contributed by atoms with van der Waals surface area (Å²) in [4.78, 5) is 2.56. The maximum atomic E-state index is 9.95. The van der Waals surface area contributed by atoms with Crippen LogP contribution < -0.4 is 5.32 Å². The van der Waals surface area contributed by atoms with Crippen molar-refractivity contribution in [2.24, 2.45) is 11.8 Å². The third-order valence-corrected chi connectivity index (χ3v) is 4.13. The molecule has 0 bridgehead atoms. The third-order valence-electron chi connectivity index (χ3n) is 4.13. The average Bonchev–Trinajstić information content (AvgIpc) is 2.36. The molecule has 0 aliphatic carbocycles. The molecule has 0 saturated carbocycles. The number of hydrogen-bond acceptors (Lipinski definition) is 3. The van der Waals surface area contributed by atoms with E-state index in [9.17, 15) is 5.11 Å². The first kappa shape index (κ1) is 15.9. The molecule has 1 heterocycles. The highest BCUT2D eigenvalue weighted by Gasteiger charge is 2.20. The molecule has 2 unspecified atom stereocenters. The summed E-state index contributed by atoms with van der Waals surface area (Å²) in [6.07, 6.45) is 3.30. The van der Waals surface area contributed by atoms with E-state index in [1.807, 2.05) is 0 Å². The van der Waals surface area contributed by atoms with Crippen molar-refractivity contribution in [3.8, 4) is 0 Å². The predicted octanol–water partition coefficient (Wildman–Crippen LogP) is 2.10. The maximum absolute atomic E-state index is 9.95. The van der Waals surface area contributed by atoms with E-state index in [2.05, 4.69) is 37.9 Å². The molecule has 0 amide bonds. The van der Waals surface area contributed by atoms with Gasteiger partial charge in [-0.25, -0.2) is 0 Å². The summed E-state index contributed by atoms with van der Waals surface area (Å²) < 4.78 is 0. The molecule has 2 atom stereocenters. The van der Waals surface area contributed by atoms with Crippen molar-refractivity contribution in [1.82, 2.24) is 10.2 Å². The molecule has 18 heavy (non-hydrogen) atoms. The molecule has 3 nitrogen and oxygen atoms in total. The minimum absolute atomic E-state index is 0.191. The number of hydrogen-bond donors (Lipinski definition) is 2. The van der Waals surface area contributed by atoms with E-state index in [1.54, 1.807) is 0 Å². The van der Waals surface area contributed by atoms with E-state index in [0.29, 0.717) is 12.0 Å². The number of piperidine rings is 1. The molecular formula is C15H32N2O. The largest absolute Gasteiger partial charge is 0.392 e. The topological polar surface area (TPSA) is 35.5 Å². The normalized spacial score (nSPS) is 22.3. The van der Waals surface area contributed by atoms with Crippen molar-refractivity contribution in [3.63, 3.8) is 0 Å². The minimum Gasteiger partial charge on any atom is -0.392 e. The van der Waals surface area contributed by atoms with Crippen molar-refractivity contribution in [3.05, 3.63) is 0 Å². The fraction of sp³-hybridized carbons (Fsp3) is 1.00. The second-order valence-electron chi connectivity index (χ2n) is 6.33. The minimum atomic E-state index is -0.191. The number of likely N-dealkylation sites (tertiary alicyclic amines) is 1. The Bertz CT molecular complexity index is 213. The molecule has 3 heteroatoms. The van der Waals surface area contributed by atoms with Gasteiger partial charge in [-0.1, -0.05) is 34.1 Å². The molecule has 1 saturated heterocycles. The van der Waals surface area contributed by atoms with Gasteiger partial charge in [-0.05, 0) is 37.8 Å². The van der Waals surface area contributed by atoms with Crippen molar-refractivity contribution in [1.29, 1.82) is 0 Å². The average molecular weight is 256 g/mol. The Labute approximate surface area is 113 Å². The van der Waals surface area contributed by atoms with Gasteiger partial charge >= 0.3 is 0 Å². The second-order valence-corrected chi connectivity index (χ2v) is 6.33. The van der Waals surface area contributed by atoms with E-state index in [1.165, 1.54) is 32.5 Å². The predicted molar refractivity (Wildman–Crippen MR) is 77.8 cm³/mol. The van der Waals surface area contributed by atoms with Gasteiger partial charge < -0.3 is 15.3 Å². The van der Waals surface area contributed by atoms with Gasteiger partial charge in [0.25, 0.3) is 0 Å². The number of nitrogens with zero attached hydrogens (tertiary/aromatic N) is 1. The van der Waals surface area contributed by atoms with Gasteiger partial charge in [0.2, 0.25) is 0 Å². The summed E-state index contributed by atoms with van der Waals surface area (Å²) in [5.74, 6) is 1.17. The van der Waals surface area contributed by atoms with Crippen LogP contribution in [0.4, 0.5) is 0 Å². The number of aliphatic hydroxyl groups is 1. The monoisotopic (exact) mass is 256 g/mol. The van der Waals surface area contributed by atoms with Gasteiger partial charge in [0.15, 0.2) is 0 Å². The zero-order chi connectivity index (χ0) is 13.5. The smallest absolute Gasteiger partial charge is 0.0690 e. The Morgan fingerprint density at radius 3 is 2.33 bits per heavy atom. The highest BCUT2D eigenvalue weighted by atomic mass is 16.3. The SMILES string of the molecule is CCC(C)C(O)CNC1CCN(CC(C)C)CC1. The quantitative estimate of drug-likeness (QED) is 0.732. The maximum Gasteiger partial charge on any atom is 0.0690 e. The molecule has 108 valence electrons. The van der Waals surface area contributed by atoms with Gasteiger partial charge in [0, 0.05) is 19.1 Å². The van der Waals surface area contributed by atoms with Crippen LogP contribution >= 0.6 is 0 Å². The molecular weight excluding hydrogens is 224 g/mol. The fourth-order valence-corrected chi connectivity index (χ4v) is 2.60. The zero-order valence-electron chi connectivity index (χ0n) is 12.7. The van der Waals surface area contributed by atoms with Crippen LogP contribution in [-0.4, -0.2) is 48.3 Å². The number of aliphatic hydroxyl groups excluding tert-OH is 1. The van der Waals surface area contributed by atoms with Gasteiger partial charge in [0.1, 0.15) is 0 Å². The van der Waals surface area contributed by atoms with Crippen LogP contribution in [0.3, 0.4) is 0 Å². The van der Waals surface area contributed by atoms with E-state index >= 15 is 0 Å². The van der Waals surface area contributed by atoms with Gasteiger partial charge in [-0.3, -0.25) is 0 Å². The lowest BCUT2D eigenvalue weighted by molar-refractivity contribution is 0.102. The Morgan fingerprint density at radius 1 is 1.22 bits per heavy atom. The molecule has 2 N–H and O–H groups in total. The highest BCUT2D eigenvalue weighted by Crippen LogP contribution is 2.13. The lowest BCUT2D eigenvalue weighted by Crippen LogP contribution is -2.46. The van der Waals surface area contributed by atoms with Crippen LogP contribution in [0.2, 0.25) is 0 Å². The zero-order valence-corrected chi connectivity index (χ0v) is 12.7. The molecule has 1 fully saturated rings. The summed E-state index contributed by atoms with van der Waals surface area (Å²) in [5.41, 5.74) is 0. The second kappa shape index (κ2) is 8.13. The van der Waals surface area contributed by atoms with Gasteiger partial charge in [-0.2, -0.15) is 0 Å². The van der Waals surface area contributed by atoms with E-state index in [-0.39, 0.29) is 6.10 Å². The lowest BCUT2D eigenvalue weighted by atomic mass is 10.00. The van der Waals surface area contributed by atoms with Crippen molar-refractivity contribution >= 4 is 0 Å². The Hall–Kier alpha value is -0.120. The summed E-state index contributed by atoms with van der Waals surface area (Å²) in [6, 6.07) is 0.604. The van der Waals surface area contributed by atoms with Crippen LogP contribution in [0.15, 0.2) is 0 Å². The molecule has 0 radical (unpaired) electrons.